The van der Waals surface area contributed by atoms with Gasteiger partial charge in [0.1, 0.15) is 5.82 Å². The second-order valence-corrected chi connectivity index (χ2v) is 3.42. The fraction of sp³-hybridized carbons (Fsp3) is 0.750. The van der Waals surface area contributed by atoms with E-state index in [9.17, 15) is 0 Å². The van der Waals surface area contributed by atoms with E-state index >= 15 is 0 Å². The number of nitrogens with one attached hydrogen (secondary N) is 1. The maximum atomic E-state index is 9.07. The van der Waals surface area contributed by atoms with Gasteiger partial charge >= 0.3 is 0 Å². The van der Waals surface area contributed by atoms with Crippen molar-refractivity contribution in [3.05, 3.63) is 6.20 Å². The van der Waals surface area contributed by atoms with Crippen LogP contribution in [0.15, 0.2) is 6.20 Å². The number of aliphatic hydroxyl groups is 1. The largest absolute Gasteiger partial charge is 0.394 e. The van der Waals surface area contributed by atoms with E-state index in [2.05, 4.69) is 29.5 Å². The van der Waals surface area contributed by atoms with Crippen molar-refractivity contribution in [3.63, 3.8) is 0 Å². The van der Waals surface area contributed by atoms with Crippen LogP contribution in [-0.2, 0) is 7.05 Å². The second kappa shape index (κ2) is 4.23. The van der Waals surface area contributed by atoms with Gasteiger partial charge in [0.15, 0.2) is 0 Å². The van der Waals surface area contributed by atoms with Crippen LogP contribution in [0.5, 0.6) is 0 Å². The summed E-state index contributed by atoms with van der Waals surface area (Å²) in [6.45, 7) is 4.22. The van der Waals surface area contributed by atoms with Crippen LogP contribution in [0.2, 0.25) is 0 Å². The van der Waals surface area contributed by atoms with Gasteiger partial charge in [0, 0.05) is 7.05 Å². The summed E-state index contributed by atoms with van der Waals surface area (Å²) in [5.74, 6) is 1.20. The third kappa shape index (κ3) is 2.42. The molecule has 0 bridgehead atoms. The topological polar surface area (TPSA) is 63.0 Å². The zero-order valence-corrected chi connectivity index (χ0v) is 8.23. The predicted molar refractivity (Wildman–Crippen MR) is 50.3 cm³/mol. The Hall–Kier alpha value is -1.10. The van der Waals surface area contributed by atoms with Crippen LogP contribution >= 0.6 is 0 Å². The van der Waals surface area contributed by atoms with Crippen LogP contribution in [0.4, 0.5) is 5.82 Å². The van der Waals surface area contributed by atoms with E-state index in [1.807, 2.05) is 7.05 Å². The lowest BCUT2D eigenvalue weighted by atomic mass is 10.1. The third-order valence-corrected chi connectivity index (χ3v) is 2.05. The summed E-state index contributed by atoms with van der Waals surface area (Å²) in [7, 11) is 1.81. The molecule has 0 aromatic carbocycles. The fourth-order valence-corrected chi connectivity index (χ4v) is 1.03. The maximum absolute atomic E-state index is 9.07. The molecular weight excluding hydrogens is 168 g/mol. The van der Waals surface area contributed by atoms with E-state index in [1.165, 1.54) is 0 Å². The molecule has 1 rings (SSSR count). The Bertz CT molecular complexity index is 258. The molecule has 0 aliphatic carbocycles. The number of aliphatic hydroxyl groups excluding tert-OH is 1. The maximum Gasteiger partial charge on any atom is 0.144 e. The van der Waals surface area contributed by atoms with E-state index < -0.39 is 0 Å². The summed E-state index contributed by atoms with van der Waals surface area (Å²) >= 11 is 0. The molecule has 1 aromatic rings. The first-order valence-corrected chi connectivity index (χ1v) is 4.37. The summed E-state index contributed by atoms with van der Waals surface area (Å²) in [5, 5.41) is 19.8. The number of rotatable bonds is 4. The summed E-state index contributed by atoms with van der Waals surface area (Å²) in [6, 6.07) is 0.0530. The highest BCUT2D eigenvalue weighted by Gasteiger charge is 2.13. The molecule has 0 aliphatic rings. The van der Waals surface area contributed by atoms with Gasteiger partial charge < -0.3 is 10.4 Å². The van der Waals surface area contributed by atoms with Gasteiger partial charge in [0.05, 0.1) is 18.8 Å². The molecule has 0 spiro atoms. The molecular formula is C8H16N4O. The molecule has 0 aliphatic heterocycles. The highest BCUT2D eigenvalue weighted by molar-refractivity contribution is 5.32. The van der Waals surface area contributed by atoms with Crippen molar-refractivity contribution >= 4 is 5.82 Å². The molecule has 1 atom stereocenters. The van der Waals surface area contributed by atoms with Crippen LogP contribution in [0, 0.1) is 5.92 Å². The van der Waals surface area contributed by atoms with Gasteiger partial charge in [-0.1, -0.05) is 19.1 Å². The van der Waals surface area contributed by atoms with Gasteiger partial charge in [-0.15, -0.1) is 5.10 Å². The first-order chi connectivity index (χ1) is 6.15. The number of hydrogen-bond acceptors (Lipinski definition) is 4. The number of aromatic nitrogens is 3. The minimum absolute atomic E-state index is 0.0530. The Morgan fingerprint density at radius 1 is 1.62 bits per heavy atom. The summed E-state index contributed by atoms with van der Waals surface area (Å²) < 4.78 is 1.64. The van der Waals surface area contributed by atoms with Crippen molar-refractivity contribution < 1.29 is 5.11 Å². The van der Waals surface area contributed by atoms with Gasteiger partial charge in [0.2, 0.25) is 0 Å². The average Bonchev–Trinajstić information content (AvgIpc) is 2.46. The normalized spacial score (nSPS) is 13.3. The summed E-state index contributed by atoms with van der Waals surface area (Å²) in [5.41, 5.74) is 0. The molecule has 0 radical (unpaired) electrons. The SMILES string of the molecule is CC(C)C(CO)Nc1cnnn1C. The number of anilines is 1. The number of nitrogens with zero attached hydrogens (tertiary/aromatic N) is 3. The molecule has 5 heteroatoms. The molecule has 0 amide bonds. The number of hydrogen-bond donors (Lipinski definition) is 2. The van der Waals surface area contributed by atoms with Crippen LogP contribution in [0.3, 0.4) is 0 Å². The molecule has 0 saturated heterocycles. The smallest absolute Gasteiger partial charge is 0.144 e. The lowest BCUT2D eigenvalue weighted by Gasteiger charge is -2.20. The molecule has 13 heavy (non-hydrogen) atoms. The molecule has 1 unspecified atom stereocenters. The monoisotopic (exact) mass is 184 g/mol. The van der Waals surface area contributed by atoms with Crippen LogP contribution in [0.1, 0.15) is 13.8 Å². The van der Waals surface area contributed by atoms with Crippen molar-refractivity contribution in [2.45, 2.75) is 19.9 Å². The Morgan fingerprint density at radius 2 is 2.31 bits per heavy atom. The quantitative estimate of drug-likeness (QED) is 0.703. The van der Waals surface area contributed by atoms with E-state index in [4.69, 9.17) is 5.11 Å². The molecule has 1 aromatic heterocycles. The van der Waals surface area contributed by atoms with Crippen molar-refractivity contribution in [1.29, 1.82) is 0 Å². The molecule has 2 N–H and O–H groups in total. The van der Waals surface area contributed by atoms with Crippen molar-refractivity contribution in [3.8, 4) is 0 Å². The molecule has 74 valence electrons. The molecule has 0 fully saturated rings. The van der Waals surface area contributed by atoms with Crippen LogP contribution in [0.25, 0.3) is 0 Å². The molecule has 1 heterocycles. The number of aryl methyl sites for hydroxylation is 1. The average molecular weight is 184 g/mol. The Kier molecular flexibility index (Phi) is 3.25. The Labute approximate surface area is 77.8 Å². The lowest BCUT2D eigenvalue weighted by molar-refractivity contribution is 0.248. The highest BCUT2D eigenvalue weighted by Crippen LogP contribution is 2.09. The zero-order chi connectivity index (χ0) is 9.84. The van der Waals surface area contributed by atoms with E-state index in [0.29, 0.717) is 5.92 Å². The minimum Gasteiger partial charge on any atom is -0.394 e. The molecule has 0 saturated carbocycles. The second-order valence-electron chi connectivity index (χ2n) is 3.42. The predicted octanol–water partition coefficient (Wildman–Crippen LogP) is 0.244. The molecule has 5 nitrogen and oxygen atoms in total. The summed E-state index contributed by atoms with van der Waals surface area (Å²) in [4.78, 5) is 0. The van der Waals surface area contributed by atoms with Crippen molar-refractivity contribution in [2.24, 2.45) is 13.0 Å². The zero-order valence-electron chi connectivity index (χ0n) is 8.23. The van der Waals surface area contributed by atoms with Crippen LogP contribution in [-0.4, -0.2) is 32.7 Å². The third-order valence-electron chi connectivity index (χ3n) is 2.05. The lowest BCUT2D eigenvalue weighted by Crippen LogP contribution is -2.30. The Morgan fingerprint density at radius 3 is 2.69 bits per heavy atom. The van der Waals surface area contributed by atoms with Gasteiger partial charge in [-0.2, -0.15) is 0 Å². The first-order valence-electron chi connectivity index (χ1n) is 4.37. The summed E-state index contributed by atoms with van der Waals surface area (Å²) in [6.07, 6.45) is 1.64. The Balaban J connectivity index is 2.62. The van der Waals surface area contributed by atoms with E-state index in [1.54, 1.807) is 10.9 Å². The minimum atomic E-state index is 0.0530. The van der Waals surface area contributed by atoms with E-state index in [-0.39, 0.29) is 12.6 Å². The van der Waals surface area contributed by atoms with Crippen LogP contribution < -0.4 is 5.32 Å². The standard InChI is InChI=1S/C8H16N4O/c1-6(2)7(5-13)10-8-4-9-11-12(8)3/h4,6-7,10,13H,5H2,1-3H3. The van der Waals surface area contributed by atoms with Crippen molar-refractivity contribution in [2.75, 3.05) is 11.9 Å². The fourth-order valence-electron chi connectivity index (χ4n) is 1.03. The van der Waals surface area contributed by atoms with Gasteiger partial charge in [-0.3, -0.25) is 0 Å². The van der Waals surface area contributed by atoms with E-state index in [0.717, 1.165) is 5.82 Å². The van der Waals surface area contributed by atoms with Gasteiger partial charge in [0.25, 0.3) is 0 Å². The van der Waals surface area contributed by atoms with Crippen molar-refractivity contribution in [1.82, 2.24) is 15.0 Å². The van der Waals surface area contributed by atoms with Gasteiger partial charge in [-0.05, 0) is 5.92 Å². The van der Waals surface area contributed by atoms with Gasteiger partial charge in [-0.25, -0.2) is 4.68 Å². The highest BCUT2D eigenvalue weighted by atomic mass is 16.3. The first kappa shape index (κ1) is 9.98.